The Bertz CT molecular complexity index is 438. The molecule has 0 aliphatic carbocycles. The molecule has 0 aliphatic heterocycles. The van der Waals surface area contributed by atoms with Crippen molar-refractivity contribution in [2.24, 2.45) is 0 Å². The lowest BCUT2D eigenvalue weighted by Gasteiger charge is -2.19. The Morgan fingerprint density at radius 3 is 2.32 bits per heavy atom. The lowest BCUT2D eigenvalue weighted by molar-refractivity contribution is -0.137. The van der Waals surface area contributed by atoms with Crippen LogP contribution < -0.4 is 10.3 Å². The molecule has 0 aliphatic rings. The summed E-state index contributed by atoms with van der Waals surface area (Å²) < 4.78 is 41.6. The SMILES string of the molecule is CC(C)(C)OC(=O)NOc1ccc(C(F)(F)F)cn1. The molecule has 0 saturated heterocycles. The van der Waals surface area contributed by atoms with Gasteiger partial charge in [0.2, 0.25) is 5.88 Å². The van der Waals surface area contributed by atoms with Gasteiger partial charge in [0, 0.05) is 12.3 Å². The molecule has 5 nitrogen and oxygen atoms in total. The molecular weight excluding hydrogens is 265 g/mol. The normalized spacial score (nSPS) is 11.9. The number of ether oxygens (including phenoxy) is 1. The standard InChI is InChI=1S/C11H13F3N2O3/c1-10(2,3)18-9(17)16-19-8-5-4-7(6-15-8)11(12,13)14/h4-6H,1-3H3,(H,16,17). The average Bonchev–Trinajstić information content (AvgIpc) is 2.23. The first kappa shape index (κ1) is 15.1. The smallest absolute Gasteiger partial charge is 0.441 e. The third kappa shape index (κ3) is 5.45. The number of rotatable bonds is 2. The summed E-state index contributed by atoms with van der Waals surface area (Å²) in [5.41, 5.74) is 0.296. The Morgan fingerprint density at radius 1 is 1.26 bits per heavy atom. The van der Waals surface area contributed by atoms with Crippen LogP contribution in [0.3, 0.4) is 0 Å². The van der Waals surface area contributed by atoms with Crippen molar-refractivity contribution in [2.75, 3.05) is 0 Å². The third-order valence-corrected chi connectivity index (χ3v) is 1.70. The Balaban J connectivity index is 2.53. The first-order valence-corrected chi connectivity index (χ1v) is 5.27. The fraction of sp³-hybridized carbons (Fsp3) is 0.455. The second kappa shape index (κ2) is 5.33. The minimum absolute atomic E-state index is 0.182. The zero-order valence-corrected chi connectivity index (χ0v) is 10.5. The number of carbonyl (C=O) groups excluding carboxylic acids is 1. The summed E-state index contributed by atoms with van der Waals surface area (Å²) >= 11 is 0. The molecule has 0 saturated carbocycles. The monoisotopic (exact) mass is 278 g/mol. The van der Waals surface area contributed by atoms with Crippen molar-refractivity contribution in [2.45, 2.75) is 32.5 Å². The molecule has 1 aromatic rings. The molecule has 1 heterocycles. The highest BCUT2D eigenvalue weighted by molar-refractivity contribution is 5.66. The van der Waals surface area contributed by atoms with E-state index >= 15 is 0 Å². The first-order valence-electron chi connectivity index (χ1n) is 5.27. The van der Waals surface area contributed by atoms with Crippen molar-refractivity contribution in [1.29, 1.82) is 0 Å². The van der Waals surface area contributed by atoms with E-state index in [9.17, 15) is 18.0 Å². The van der Waals surface area contributed by atoms with Crippen LogP contribution in [0.5, 0.6) is 5.88 Å². The van der Waals surface area contributed by atoms with E-state index in [0.29, 0.717) is 6.20 Å². The molecule has 8 heteroatoms. The fourth-order valence-electron chi connectivity index (χ4n) is 1.00. The van der Waals surface area contributed by atoms with Crippen molar-refractivity contribution in [3.8, 4) is 5.88 Å². The van der Waals surface area contributed by atoms with Crippen LogP contribution >= 0.6 is 0 Å². The van der Waals surface area contributed by atoms with E-state index in [1.54, 1.807) is 20.8 Å². The van der Waals surface area contributed by atoms with Crippen LogP contribution in [0, 0.1) is 0 Å². The van der Waals surface area contributed by atoms with Gasteiger partial charge in [-0.2, -0.15) is 18.7 Å². The molecule has 19 heavy (non-hydrogen) atoms. The molecule has 1 amide bonds. The molecule has 0 fully saturated rings. The molecule has 0 atom stereocenters. The number of hydroxylamine groups is 1. The van der Waals surface area contributed by atoms with Gasteiger partial charge in [-0.3, -0.25) is 0 Å². The van der Waals surface area contributed by atoms with E-state index < -0.39 is 23.4 Å². The second-order valence-corrected chi connectivity index (χ2v) is 4.59. The Kier molecular flexibility index (Phi) is 4.23. The molecule has 1 aromatic heterocycles. The van der Waals surface area contributed by atoms with Gasteiger partial charge < -0.3 is 9.57 Å². The predicted molar refractivity (Wildman–Crippen MR) is 59.2 cm³/mol. The van der Waals surface area contributed by atoms with Crippen molar-refractivity contribution in [1.82, 2.24) is 10.5 Å². The van der Waals surface area contributed by atoms with Gasteiger partial charge in [-0.25, -0.2) is 9.78 Å². The fourth-order valence-corrected chi connectivity index (χ4v) is 1.00. The summed E-state index contributed by atoms with van der Waals surface area (Å²) in [6, 6.07) is 1.78. The zero-order chi connectivity index (χ0) is 14.7. The van der Waals surface area contributed by atoms with Gasteiger partial charge >= 0.3 is 12.3 Å². The van der Waals surface area contributed by atoms with Crippen LogP contribution in [0.2, 0.25) is 0 Å². The van der Waals surface area contributed by atoms with E-state index in [-0.39, 0.29) is 5.88 Å². The molecule has 1 N–H and O–H groups in total. The summed E-state index contributed by atoms with van der Waals surface area (Å²) in [7, 11) is 0. The number of halogens is 3. The van der Waals surface area contributed by atoms with Gasteiger partial charge in [0.25, 0.3) is 0 Å². The number of hydrogen-bond donors (Lipinski definition) is 1. The first-order chi connectivity index (χ1) is 8.58. The maximum Gasteiger partial charge on any atom is 0.441 e. The molecule has 106 valence electrons. The van der Waals surface area contributed by atoms with Gasteiger partial charge in [0.05, 0.1) is 5.56 Å². The molecule has 0 radical (unpaired) electrons. The maximum absolute atomic E-state index is 12.2. The number of nitrogens with one attached hydrogen (secondary N) is 1. The van der Waals surface area contributed by atoms with Crippen LogP contribution in [0.1, 0.15) is 26.3 Å². The van der Waals surface area contributed by atoms with Gasteiger partial charge in [0.1, 0.15) is 5.60 Å². The average molecular weight is 278 g/mol. The lowest BCUT2D eigenvalue weighted by atomic mass is 10.2. The van der Waals surface area contributed by atoms with Gasteiger partial charge in [0.15, 0.2) is 0 Å². The van der Waals surface area contributed by atoms with Gasteiger partial charge in [-0.15, -0.1) is 0 Å². The van der Waals surface area contributed by atoms with Gasteiger partial charge in [-0.05, 0) is 26.8 Å². The molecular formula is C11H13F3N2O3. The van der Waals surface area contributed by atoms with Crippen molar-refractivity contribution in [3.63, 3.8) is 0 Å². The molecule has 0 spiro atoms. The second-order valence-electron chi connectivity index (χ2n) is 4.59. The number of alkyl halides is 3. The van der Waals surface area contributed by atoms with Crippen molar-refractivity contribution >= 4 is 6.09 Å². The Labute approximate surface area is 107 Å². The Morgan fingerprint density at radius 2 is 1.89 bits per heavy atom. The molecule has 1 rings (SSSR count). The highest BCUT2D eigenvalue weighted by atomic mass is 19.4. The van der Waals surface area contributed by atoms with E-state index in [0.717, 1.165) is 12.1 Å². The van der Waals surface area contributed by atoms with E-state index in [2.05, 4.69) is 9.82 Å². The summed E-state index contributed by atoms with van der Waals surface area (Å²) in [6.45, 7) is 4.97. The highest BCUT2D eigenvalue weighted by Gasteiger charge is 2.30. The van der Waals surface area contributed by atoms with Crippen LogP contribution in [0.15, 0.2) is 18.3 Å². The summed E-state index contributed by atoms with van der Waals surface area (Å²) in [5.74, 6) is -0.182. The minimum atomic E-state index is -4.47. The summed E-state index contributed by atoms with van der Waals surface area (Å²) in [6.07, 6.45) is -4.73. The quantitative estimate of drug-likeness (QED) is 0.845. The highest BCUT2D eigenvalue weighted by Crippen LogP contribution is 2.28. The van der Waals surface area contributed by atoms with E-state index in [1.807, 2.05) is 5.48 Å². The number of pyridine rings is 1. The van der Waals surface area contributed by atoms with Gasteiger partial charge in [-0.1, -0.05) is 0 Å². The van der Waals surface area contributed by atoms with Crippen molar-refractivity contribution < 1.29 is 27.5 Å². The summed E-state index contributed by atoms with van der Waals surface area (Å²) in [4.78, 5) is 19.3. The van der Waals surface area contributed by atoms with E-state index in [1.165, 1.54) is 0 Å². The van der Waals surface area contributed by atoms with Crippen LogP contribution in [0.25, 0.3) is 0 Å². The van der Waals surface area contributed by atoms with E-state index in [4.69, 9.17) is 4.74 Å². The third-order valence-electron chi connectivity index (χ3n) is 1.70. The van der Waals surface area contributed by atoms with Crippen LogP contribution in [-0.2, 0) is 10.9 Å². The molecule has 0 unspecified atom stereocenters. The number of hydrogen-bond acceptors (Lipinski definition) is 4. The Hall–Kier alpha value is -1.99. The van der Waals surface area contributed by atoms with Crippen LogP contribution in [0.4, 0.5) is 18.0 Å². The predicted octanol–water partition coefficient (Wildman–Crippen LogP) is 2.92. The lowest BCUT2D eigenvalue weighted by Crippen LogP contribution is -2.34. The summed E-state index contributed by atoms with van der Waals surface area (Å²) in [5, 5.41) is 0. The van der Waals surface area contributed by atoms with Crippen molar-refractivity contribution in [3.05, 3.63) is 23.9 Å². The zero-order valence-electron chi connectivity index (χ0n) is 10.5. The van der Waals surface area contributed by atoms with Crippen LogP contribution in [-0.4, -0.2) is 16.7 Å². The minimum Gasteiger partial charge on any atom is -0.442 e. The maximum atomic E-state index is 12.2. The molecule has 0 aromatic carbocycles. The number of nitrogens with zero attached hydrogens (tertiary/aromatic N) is 1. The topological polar surface area (TPSA) is 60.5 Å². The number of amides is 1. The molecule has 0 bridgehead atoms. The largest absolute Gasteiger partial charge is 0.442 e. The number of carbonyl (C=O) groups is 1. The number of aromatic nitrogens is 1.